The van der Waals surface area contributed by atoms with Gasteiger partial charge >= 0.3 is 0 Å². The molecule has 0 saturated carbocycles. The first-order chi connectivity index (χ1) is 12.6. The Morgan fingerprint density at radius 1 is 0.923 bits per heavy atom. The lowest BCUT2D eigenvalue weighted by Gasteiger charge is -2.11. The molecule has 3 aromatic carbocycles. The van der Waals surface area contributed by atoms with Crippen molar-refractivity contribution < 1.29 is 14.3 Å². The summed E-state index contributed by atoms with van der Waals surface area (Å²) in [5, 5.41) is 3.79. The Morgan fingerprint density at radius 3 is 2.35 bits per heavy atom. The molecule has 0 aromatic heterocycles. The van der Waals surface area contributed by atoms with Gasteiger partial charge in [0.1, 0.15) is 17.2 Å². The van der Waals surface area contributed by atoms with Gasteiger partial charge in [-0.25, -0.2) is 0 Å². The zero-order chi connectivity index (χ0) is 18.5. The number of hydrogen-bond donors (Lipinski definition) is 1. The molecule has 0 aliphatic carbocycles. The number of para-hydroxylation sites is 1. The van der Waals surface area contributed by atoms with Crippen LogP contribution in [-0.4, -0.2) is 13.0 Å². The molecule has 0 unspecified atom stereocenters. The minimum absolute atomic E-state index is 0.287. The Balaban J connectivity index is 1.75. The number of anilines is 1. The topological polar surface area (TPSA) is 47.6 Å². The van der Waals surface area contributed by atoms with Crippen LogP contribution in [0, 0.1) is 0 Å². The van der Waals surface area contributed by atoms with Crippen molar-refractivity contribution >= 4 is 34.8 Å². The van der Waals surface area contributed by atoms with Crippen LogP contribution in [-0.2, 0) is 0 Å². The number of amides is 1. The van der Waals surface area contributed by atoms with Gasteiger partial charge in [0.05, 0.1) is 17.7 Å². The van der Waals surface area contributed by atoms with Crippen LogP contribution in [0.4, 0.5) is 5.69 Å². The van der Waals surface area contributed by atoms with Crippen LogP contribution in [0.2, 0.25) is 10.0 Å². The molecule has 1 amide bonds. The number of nitrogens with one attached hydrogen (secondary N) is 1. The number of hydrogen-bond acceptors (Lipinski definition) is 3. The lowest BCUT2D eigenvalue weighted by atomic mass is 10.2. The summed E-state index contributed by atoms with van der Waals surface area (Å²) >= 11 is 12.1. The minimum Gasteiger partial charge on any atom is -0.496 e. The lowest BCUT2D eigenvalue weighted by Crippen LogP contribution is -2.13. The van der Waals surface area contributed by atoms with Gasteiger partial charge in [-0.2, -0.15) is 0 Å². The standard InChI is InChI=1S/C20H15Cl2NO3/c1-25-18-5-3-2-4-16(18)20(24)23-14-8-11-19(17(22)12-14)26-15-9-6-13(21)7-10-15/h2-12H,1H3,(H,23,24). The van der Waals surface area contributed by atoms with E-state index in [0.29, 0.717) is 38.5 Å². The normalized spacial score (nSPS) is 10.3. The molecule has 0 fully saturated rings. The fourth-order valence-corrected chi connectivity index (χ4v) is 2.67. The number of halogens is 2. The Bertz CT molecular complexity index is 927. The highest BCUT2D eigenvalue weighted by Crippen LogP contribution is 2.32. The van der Waals surface area contributed by atoms with E-state index in [1.807, 2.05) is 0 Å². The summed E-state index contributed by atoms with van der Waals surface area (Å²) in [6, 6.07) is 19.0. The molecule has 0 heterocycles. The van der Waals surface area contributed by atoms with Crippen molar-refractivity contribution in [1.29, 1.82) is 0 Å². The second-order valence-electron chi connectivity index (χ2n) is 5.36. The third-order valence-electron chi connectivity index (χ3n) is 3.58. The molecule has 0 atom stereocenters. The Hall–Kier alpha value is -2.69. The molecule has 1 N–H and O–H groups in total. The van der Waals surface area contributed by atoms with Gasteiger partial charge in [0, 0.05) is 10.7 Å². The minimum atomic E-state index is -0.287. The molecule has 0 spiro atoms. The molecule has 132 valence electrons. The third kappa shape index (κ3) is 4.28. The quantitative estimate of drug-likeness (QED) is 0.579. The molecule has 0 radical (unpaired) electrons. The molecule has 26 heavy (non-hydrogen) atoms. The van der Waals surface area contributed by atoms with Crippen molar-refractivity contribution in [2.75, 3.05) is 12.4 Å². The molecule has 3 rings (SSSR count). The van der Waals surface area contributed by atoms with Gasteiger partial charge in [0.15, 0.2) is 0 Å². The van der Waals surface area contributed by atoms with Crippen LogP contribution >= 0.6 is 23.2 Å². The largest absolute Gasteiger partial charge is 0.496 e. The first kappa shape index (κ1) is 18.1. The summed E-state index contributed by atoms with van der Waals surface area (Å²) in [5.74, 6) is 1.30. The summed E-state index contributed by atoms with van der Waals surface area (Å²) in [7, 11) is 1.52. The maximum atomic E-state index is 12.4. The smallest absolute Gasteiger partial charge is 0.259 e. The van der Waals surface area contributed by atoms with Crippen molar-refractivity contribution in [3.63, 3.8) is 0 Å². The first-order valence-electron chi connectivity index (χ1n) is 7.74. The highest BCUT2D eigenvalue weighted by Gasteiger charge is 2.13. The van der Waals surface area contributed by atoms with E-state index in [0.717, 1.165) is 0 Å². The molecule has 0 aliphatic heterocycles. The number of carbonyl (C=O) groups excluding carboxylic acids is 1. The average Bonchev–Trinajstić information content (AvgIpc) is 2.65. The second-order valence-corrected chi connectivity index (χ2v) is 6.20. The highest BCUT2D eigenvalue weighted by molar-refractivity contribution is 6.32. The Kier molecular flexibility index (Phi) is 5.66. The molecule has 6 heteroatoms. The van der Waals surface area contributed by atoms with E-state index in [-0.39, 0.29) is 5.91 Å². The second kappa shape index (κ2) is 8.13. The number of benzene rings is 3. The predicted octanol–water partition coefficient (Wildman–Crippen LogP) is 6.05. The van der Waals surface area contributed by atoms with Crippen LogP contribution in [0.15, 0.2) is 66.7 Å². The van der Waals surface area contributed by atoms with Crippen LogP contribution in [0.25, 0.3) is 0 Å². The van der Waals surface area contributed by atoms with Crippen LogP contribution in [0.1, 0.15) is 10.4 Å². The monoisotopic (exact) mass is 387 g/mol. The van der Waals surface area contributed by atoms with E-state index in [1.54, 1.807) is 66.7 Å². The number of rotatable bonds is 5. The van der Waals surface area contributed by atoms with Crippen LogP contribution in [0.3, 0.4) is 0 Å². The van der Waals surface area contributed by atoms with Gasteiger partial charge in [-0.05, 0) is 54.6 Å². The van der Waals surface area contributed by atoms with E-state index in [9.17, 15) is 4.79 Å². The molecule has 0 aliphatic rings. The fraction of sp³-hybridized carbons (Fsp3) is 0.0500. The third-order valence-corrected chi connectivity index (χ3v) is 4.13. The number of carbonyl (C=O) groups is 1. The number of ether oxygens (including phenoxy) is 2. The Labute approximate surface area is 161 Å². The van der Waals surface area contributed by atoms with Gasteiger partial charge in [0.2, 0.25) is 0 Å². The van der Waals surface area contributed by atoms with E-state index in [1.165, 1.54) is 7.11 Å². The maximum absolute atomic E-state index is 12.4. The summed E-state index contributed by atoms with van der Waals surface area (Å²) in [5.41, 5.74) is 0.988. The summed E-state index contributed by atoms with van der Waals surface area (Å²) < 4.78 is 10.9. The molecule has 0 saturated heterocycles. The van der Waals surface area contributed by atoms with Gasteiger partial charge in [0.25, 0.3) is 5.91 Å². The van der Waals surface area contributed by atoms with Crippen LogP contribution in [0.5, 0.6) is 17.2 Å². The predicted molar refractivity (Wildman–Crippen MR) is 104 cm³/mol. The fourth-order valence-electron chi connectivity index (χ4n) is 2.32. The molecule has 0 bridgehead atoms. The zero-order valence-corrected chi connectivity index (χ0v) is 15.3. The first-order valence-corrected chi connectivity index (χ1v) is 8.50. The molecule has 3 aromatic rings. The zero-order valence-electron chi connectivity index (χ0n) is 13.8. The van der Waals surface area contributed by atoms with E-state index in [4.69, 9.17) is 32.7 Å². The van der Waals surface area contributed by atoms with E-state index < -0.39 is 0 Å². The van der Waals surface area contributed by atoms with Crippen LogP contribution < -0.4 is 14.8 Å². The molecular formula is C20H15Cl2NO3. The van der Waals surface area contributed by atoms with Gasteiger partial charge in [-0.15, -0.1) is 0 Å². The van der Waals surface area contributed by atoms with E-state index in [2.05, 4.69) is 5.32 Å². The van der Waals surface area contributed by atoms with Gasteiger partial charge in [-0.1, -0.05) is 35.3 Å². The van der Waals surface area contributed by atoms with Crippen molar-refractivity contribution in [1.82, 2.24) is 0 Å². The van der Waals surface area contributed by atoms with Gasteiger partial charge in [-0.3, -0.25) is 4.79 Å². The van der Waals surface area contributed by atoms with Gasteiger partial charge < -0.3 is 14.8 Å². The maximum Gasteiger partial charge on any atom is 0.259 e. The van der Waals surface area contributed by atoms with Crippen molar-refractivity contribution in [3.05, 3.63) is 82.3 Å². The molecule has 4 nitrogen and oxygen atoms in total. The number of methoxy groups -OCH3 is 1. The Morgan fingerprint density at radius 2 is 1.65 bits per heavy atom. The highest BCUT2D eigenvalue weighted by atomic mass is 35.5. The summed E-state index contributed by atoms with van der Waals surface area (Å²) in [4.78, 5) is 12.4. The van der Waals surface area contributed by atoms with Crippen molar-refractivity contribution in [2.45, 2.75) is 0 Å². The van der Waals surface area contributed by atoms with Crippen molar-refractivity contribution in [3.8, 4) is 17.2 Å². The SMILES string of the molecule is COc1ccccc1C(=O)Nc1ccc(Oc2ccc(Cl)cc2)c(Cl)c1. The van der Waals surface area contributed by atoms with E-state index >= 15 is 0 Å². The van der Waals surface area contributed by atoms with Crippen molar-refractivity contribution in [2.24, 2.45) is 0 Å². The average molecular weight is 388 g/mol. The molecular weight excluding hydrogens is 373 g/mol. The summed E-state index contributed by atoms with van der Waals surface area (Å²) in [6.07, 6.45) is 0. The summed E-state index contributed by atoms with van der Waals surface area (Å²) in [6.45, 7) is 0. The lowest BCUT2D eigenvalue weighted by molar-refractivity contribution is 0.102.